The van der Waals surface area contributed by atoms with Gasteiger partial charge in [0.15, 0.2) is 0 Å². The molecule has 66 valence electrons. The summed E-state index contributed by atoms with van der Waals surface area (Å²) in [6, 6.07) is 10.8. The van der Waals surface area contributed by atoms with E-state index in [0.29, 0.717) is 0 Å². The first-order chi connectivity index (χ1) is 5.84. The summed E-state index contributed by atoms with van der Waals surface area (Å²) in [4.78, 5) is 0. The smallest absolute Gasteiger partial charge is 0.000959 e. The van der Waals surface area contributed by atoms with Crippen LogP contribution in [0, 0.1) is 0 Å². The van der Waals surface area contributed by atoms with E-state index in [-0.39, 0.29) is 7.92 Å². The van der Waals surface area contributed by atoms with Crippen molar-refractivity contribution in [2.45, 2.75) is 0 Å². The first kappa shape index (κ1) is 9.70. The van der Waals surface area contributed by atoms with Gasteiger partial charge in [0.05, 0.1) is 0 Å². The van der Waals surface area contributed by atoms with Crippen LogP contribution in [0.1, 0.15) is 0 Å². The Balaban J connectivity index is 2.48. The van der Waals surface area contributed by atoms with E-state index in [1.165, 1.54) is 11.5 Å². The van der Waals surface area contributed by atoms with Crippen molar-refractivity contribution < 1.29 is 0 Å². The molecule has 2 heteroatoms. The largest absolute Gasteiger partial charge is 0.319 e. The third-order valence-electron chi connectivity index (χ3n) is 1.89. The summed E-state index contributed by atoms with van der Waals surface area (Å²) in [5.74, 6) is 0. The Kier molecular flexibility index (Phi) is 4.27. The zero-order valence-electron chi connectivity index (χ0n) is 7.75. The summed E-state index contributed by atoms with van der Waals surface area (Å²) in [6.45, 7) is 3.46. The van der Waals surface area contributed by atoms with Crippen LogP contribution < -0.4 is 10.6 Å². The third-order valence-corrected chi connectivity index (χ3v) is 3.97. The van der Waals surface area contributed by atoms with Gasteiger partial charge in [-0.1, -0.05) is 38.3 Å². The van der Waals surface area contributed by atoms with E-state index in [9.17, 15) is 0 Å². The third kappa shape index (κ3) is 2.92. The van der Waals surface area contributed by atoms with Crippen LogP contribution in [0.2, 0.25) is 0 Å². The van der Waals surface area contributed by atoms with Crippen molar-refractivity contribution in [3.63, 3.8) is 0 Å². The van der Waals surface area contributed by atoms with Crippen molar-refractivity contribution in [3.05, 3.63) is 30.3 Å². The van der Waals surface area contributed by atoms with Crippen molar-refractivity contribution >= 4 is 13.2 Å². The molecule has 0 aliphatic carbocycles. The van der Waals surface area contributed by atoms with E-state index >= 15 is 0 Å². The maximum Gasteiger partial charge on any atom is -0.000959 e. The topological polar surface area (TPSA) is 12.0 Å². The van der Waals surface area contributed by atoms with Gasteiger partial charge in [0.2, 0.25) is 0 Å². The van der Waals surface area contributed by atoms with E-state index in [2.05, 4.69) is 42.3 Å². The van der Waals surface area contributed by atoms with Gasteiger partial charge in [-0.05, 0) is 31.7 Å². The van der Waals surface area contributed by atoms with Crippen LogP contribution in [-0.4, -0.2) is 26.4 Å². The van der Waals surface area contributed by atoms with Gasteiger partial charge in [0.1, 0.15) is 0 Å². The summed E-state index contributed by atoms with van der Waals surface area (Å²) in [5.41, 5.74) is 0. The highest BCUT2D eigenvalue weighted by Crippen LogP contribution is 2.27. The molecule has 12 heavy (non-hydrogen) atoms. The molecular weight excluding hydrogens is 165 g/mol. The minimum Gasteiger partial charge on any atom is -0.319 e. The Morgan fingerprint density at radius 2 is 1.92 bits per heavy atom. The molecule has 0 fully saturated rings. The van der Waals surface area contributed by atoms with Gasteiger partial charge in [-0.3, -0.25) is 0 Å². The molecule has 1 atom stereocenters. The molecule has 0 aliphatic heterocycles. The van der Waals surface area contributed by atoms with Crippen LogP contribution in [-0.2, 0) is 0 Å². The predicted octanol–water partition coefficient (Wildman–Crippen LogP) is 1.64. The fraction of sp³-hybridized carbons (Fsp3) is 0.400. The van der Waals surface area contributed by atoms with Crippen molar-refractivity contribution in [2.75, 3.05) is 26.4 Å². The number of nitrogens with one attached hydrogen (secondary N) is 1. The normalized spacial score (nSPS) is 12.8. The fourth-order valence-corrected chi connectivity index (χ4v) is 2.59. The Labute approximate surface area is 75.9 Å². The van der Waals surface area contributed by atoms with E-state index in [0.717, 1.165) is 6.54 Å². The van der Waals surface area contributed by atoms with Crippen molar-refractivity contribution in [1.82, 2.24) is 5.32 Å². The SMILES string of the molecule is CNCCP(C)c1ccccc1. The molecule has 0 radical (unpaired) electrons. The summed E-state index contributed by atoms with van der Waals surface area (Å²) in [5, 5.41) is 4.69. The van der Waals surface area contributed by atoms with E-state index < -0.39 is 0 Å². The number of hydrogen-bond acceptors (Lipinski definition) is 1. The van der Waals surface area contributed by atoms with Gasteiger partial charge < -0.3 is 5.32 Å². The number of hydrogen-bond donors (Lipinski definition) is 1. The molecule has 1 nitrogen and oxygen atoms in total. The molecule has 0 spiro atoms. The molecule has 0 heterocycles. The van der Waals surface area contributed by atoms with Gasteiger partial charge in [-0.2, -0.15) is 0 Å². The summed E-state index contributed by atoms with van der Waals surface area (Å²) in [7, 11) is 2.06. The lowest BCUT2D eigenvalue weighted by atomic mass is 10.4. The minimum absolute atomic E-state index is 0.0559. The highest BCUT2D eigenvalue weighted by molar-refractivity contribution is 7.64. The Bertz CT molecular complexity index is 210. The first-order valence-electron chi connectivity index (χ1n) is 4.25. The van der Waals surface area contributed by atoms with E-state index in [1.54, 1.807) is 0 Å². The van der Waals surface area contributed by atoms with E-state index in [4.69, 9.17) is 0 Å². The lowest BCUT2D eigenvalue weighted by Crippen LogP contribution is -2.14. The molecule has 0 aliphatic rings. The van der Waals surface area contributed by atoms with E-state index in [1.807, 2.05) is 7.05 Å². The van der Waals surface area contributed by atoms with Gasteiger partial charge >= 0.3 is 0 Å². The second-order valence-electron chi connectivity index (χ2n) is 2.86. The standard InChI is InChI=1S/C10H16NP/c1-11-8-9-12(2)10-6-4-3-5-7-10/h3-7,11H,8-9H2,1-2H3. The van der Waals surface area contributed by atoms with Gasteiger partial charge in [-0.25, -0.2) is 0 Å². The van der Waals surface area contributed by atoms with Crippen molar-refractivity contribution in [1.29, 1.82) is 0 Å². The highest BCUT2D eigenvalue weighted by atomic mass is 31.1. The average molecular weight is 181 g/mol. The number of rotatable bonds is 4. The molecule has 1 aromatic carbocycles. The van der Waals surface area contributed by atoms with Gasteiger partial charge in [-0.15, -0.1) is 0 Å². The Morgan fingerprint density at radius 3 is 2.50 bits per heavy atom. The fourth-order valence-electron chi connectivity index (χ4n) is 1.09. The maximum absolute atomic E-state index is 3.18. The van der Waals surface area contributed by atoms with Crippen LogP contribution in [0.15, 0.2) is 30.3 Å². The van der Waals surface area contributed by atoms with Crippen LogP contribution in [0.3, 0.4) is 0 Å². The van der Waals surface area contributed by atoms with Crippen molar-refractivity contribution in [3.8, 4) is 0 Å². The lowest BCUT2D eigenvalue weighted by Gasteiger charge is -2.11. The zero-order valence-corrected chi connectivity index (χ0v) is 8.64. The molecule has 0 saturated heterocycles. The zero-order chi connectivity index (χ0) is 8.81. The molecule has 1 unspecified atom stereocenters. The summed E-state index contributed by atoms with van der Waals surface area (Å²) >= 11 is 0. The Morgan fingerprint density at radius 1 is 1.25 bits per heavy atom. The van der Waals surface area contributed by atoms with Gasteiger partial charge in [0, 0.05) is 0 Å². The molecule has 1 aromatic rings. The second kappa shape index (κ2) is 5.29. The molecule has 0 amide bonds. The van der Waals surface area contributed by atoms with Crippen LogP contribution in [0.4, 0.5) is 0 Å². The van der Waals surface area contributed by atoms with Crippen molar-refractivity contribution in [2.24, 2.45) is 0 Å². The Hall–Kier alpha value is -0.390. The predicted molar refractivity (Wildman–Crippen MR) is 57.7 cm³/mol. The van der Waals surface area contributed by atoms with Crippen LogP contribution in [0.25, 0.3) is 0 Å². The quantitative estimate of drug-likeness (QED) is 0.696. The molecule has 1 N–H and O–H groups in total. The van der Waals surface area contributed by atoms with Crippen LogP contribution in [0.5, 0.6) is 0 Å². The molecule has 1 rings (SSSR count). The highest BCUT2D eigenvalue weighted by Gasteiger charge is 2.01. The number of benzene rings is 1. The summed E-state index contributed by atoms with van der Waals surface area (Å²) in [6.07, 6.45) is 1.27. The molecule has 0 aromatic heterocycles. The molecule has 0 saturated carbocycles. The summed E-state index contributed by atoms with van der Waals surface area (Å²) < 4.78 is 0. The molecule has 0 bridgehead atoms. The lowest BCUT2D eigenvalue weighted by molar-refractivity contribution is 0.869. The maximum atomic E-state index is 3.18. The van der Waals surface area contributed by atoms with Crippen LogP contribution >= 0.6 is 7.92 Å². The second-order valence-corrected chi connectivity index (χ2v) is 5.22. The van der Waals surface area contributed by atoms with Gasteiger partial charge in [0.25, 0.3) is 0 Å². The monoisotopic (exact) mass is 181 g/mol. The first-order valence-corrected chi connectivity index (χ1v) is 6.23. The minimum atomic E-state index is 0.0559. The average Bonchev–Trinajstić information content (AvgIpc) is 2.15. The molecular formula is C10H16NP.